The zero-order valence-corrected chi connectivity index (χ0v) is 11.7. The molecule has 0 unspecified atom stereocenters. The molecule has 17 heavy (non-hydrogen) atoms. The van der Waals surface area contributed by atoms with Gasteiger partial charge < -0.3 is 4.90 Å². The summed E-state index contributed by atoms with van der Waals surface area (Å²) in [7, 11) is 0. The van der Waals surface area contributed by atoms with Gasteiger partial charge in [-0.05, 0) is 26.3 Å². The Morgan fingerprint density at radius 2 is 1.76 bits per heavy atom. The van der Waals surface area contributed by atoms with Crippen molar-refractivity contribution < 1.29 is 4.79 Å². The van der Waals surface area contributed by atoms with Crippen molar-refractivity contribution in [3.63, 3.8) is 0 Å². The molecule has 0 spiro atoms. The molecule has 0 aliphatic heterocycles. The summed E-state index contributed by atoms with van der Waals surface area (Å²) in [5.74, 6) is 1.73. The van der Waals surface area contributed by atoms with Gasteiger partial charge in [-0.15, -0.1) is 11.8 Å². The Morgan fingerprint density at radius 3 is 2.29 bits per heavy atom. The van der Waals surface area contributed by atoms with E-state index in [1.165, 1.54) is 11.1 Å². The largest absolute Gasteiger partial charge is 0.343 e. The van der Waals surface area contributed by atoms with Crippen LogP contribution in [0.1, 0.15) is 25.0 Å². The fourth-order valence-corrected chi connectivity index (χ4v) is 2.50. The predicted molar refractivity (Wildman–Crippen MR) is 75.3 cm³/mol. The lowest BCUT2D eigenvalue weighted by Gasteiger charge is -2.18. The highest BCUT2D eigenvalue weighted by molar-refractivity contribution is 7.99. The molecule has 1 rings (SSSR count). The Kier molecular flexibility index (Phi) is 6.12. The highest BCUT2D eigenvalue weighted by Crippen LogP contribution is 2.13. The summed E-state index contributed by atoms with van der Waals surface area (Å²) < 4.78 is 0. The van der Waals surface area contributed by atoms with Crippen LogP contribution in [0.15, 0.2) is 24.3 Å². The average molecular weight is 251 g/mol. The molecule has 0 radical (unpaired) electrons. The van der Waals surface area contributed by atoms with Crippen molar-refractivity contribution in [3.8, 4) is 0 Å². The molecule has 1 amide bonds. The summed E-state index contributed by atoms with van der Waals surface area (Å²) in [5, 5.41) is 0. The Labute approximate surface area is 108 Å². The Balaban J connectivity index is 2.32. The molecule has 2 nitrogen and oxygen atoms in total. The molecule has 94 valence electrons. The van der Waals surface area contributed by atoms with Crippen LogP contribution in [0.2, 0.25) is 0 Å². The van der Waals surface area contributed by atoms with Crippen LogP contribution < -0.4 is 0 Å². The third kappa shape index (κ3) is 4.82. The molecule has 0 atom stereocenters. The SMILES string of the molecule is CCN(CC)C(=O)CSCc1ccc(C)cc1. The van der Waals surface area contributed by atoms with Gasteiger partial charge in [-0.25, -0.2) is 0 Å². The first-order chi connectivity index (χ1) is 8.17. The highest BCUT2D eigenvalue weighted by Gasteiger charge is 2.08. The average Bonchev–Trinajstić information content (AvgIpc) is 2.33. The fraction of sp³-hybridized carbons (Fsp3) is 0.500. The minimum atomic E-state index is 0.243. The number of thioether (sulfide) groups is 1. The molecule has 0 saturated heterocycles. The lowest BCUT2D eigenvalue weighted by atomic mass is 10.2. The van der Waals surface area contributed by atoms with Crippen molar-refractivity contribution in [2.24, 2.45) is 0 Å². The van der Waals surface area contributed by atoms with Gasteiger partial charge in [-0.1, -0.05) is 29.8 Å². The van der Waals surface area contributed by atoms with Gasteiger partial charge in [-0.2, -0.15) is 0 Å². The maximum Gasteiger partial charge on any atom is 0.232 e. The van der Waals surface area contributed by atoms with Crippen LogP contribution >= 0.6 is 11.8 Å². The van der Waals surface area contributed by atoms with Gasteiger partial charge in [0.2, 0.25) is 5.91 Å². The molecule has 0 aliphatic carbocycles. The van der Waals surface area contributed by atoms with E-state index in [4.69, 9.17) is 0 Å². The molecule has 0 aromatic heterocycles. The van der Waals surface area contributed by atoms with Crippen LogP contribution in [-0.2, 0) is 10.5 Å². The van der Waals surface area contributed by atoms with Gasteiger partial charge in [0.25, 0.3) is 0 Å². The number of aryl methyl sites for hydroxylation is 1. The molecule has 0 fully saturated rings. The quantitative estimate of drug-likeness (QED) is 0.774. The highest BCUT2D eigenvalue weighted by atomic mass is 32.2. The number of hydrogen-bond donors (Lipinski definition) is 0. The standard InChI is InChI=1S/C14H21NOS/c1-4-15(5-2)14(16)11-17-10-13-8-6-12(3)7-9-13/h6-9H,4-5,10-11H2,1-3H3. The van der Waals surface area contributed by atoms with Crippen molar-refractivity contribution >= 4 is 17.7 Å². The second-order valence-corrected chi connectivity index (χ2v) is 5.03. The van der Waals surface area contributed by atoms with E-state index in [-0.39, 0.29) is 5.91 Å². The molecular weight excluding hydrogens is 230 g/mol. The zero-order valence-electron chi connectivity index (χ0n) is 10.9. The summed E-state index contributed by atoms with van der Waals surface area (Å²) in [5.41, 5.74) is 2.56. The molecule has 1 aromatic carbocycles. The second kappa shape index (κ2) is 7.38. The minimum Gasteiger partial charge on any atom is -0.343 e. The Bertz CT molecular complexity index is 344. The van der Waals surface area contributed by atoms with Crippen molar-refractivity contribution in [3.05, 3.63) is 35.4 Å². The zero-order chi connectivity index (χ0) is 12.7. The fourth-order valence-electron chi connectivity index (χ4n) is 1.61. The van der Waals surface area contributed by atoms with Gasteiger partial charge in [-0.3, -0.25) is 4.79 Å². The first kappa shape index (κ1) is 14.1. The summed E-state index contributed by atoms with van der Waals surface area (Å²) in [6.07, 6.45) is 0. The topological polar surface area (TPSA) is 20.3 Å². The minimum absolute atomic E-state index is 0.243. The molecule has 0 saturated carbocycles. The molecule has 0 aliphatic rings. The number of hydrogen-bond acceptors (Lipinski definition) is 2. The molecule has 0 bridgehead atoms. The normalized spacial score (nSPS) is 10.3. The van der Waals surface area contributed by atoms with Gasteiger partial charge in [0, 0.05) is 18.8 Å². The van der Waals surface area contributed by atoms with Crippen LogP contribution in [0.5, 0.6) is 0 Å². The van der Waals surface area contributed by atoms with Gasteiger partial charge in [0.05, 0.1) is 5.75 Å². The summed E-state index contributed by atoms with van der Waals surface area (Å²) >= 11 is 1.69. The number of benzene rings is 1. The maximum absolute atomic E-state index is 11.8. The Hall–Kier alpha value is -0.960. The van der Waals surface area contributed by atoms with E-state index in [2.05, 4.69) is 31.2 Å². The Morgan fingerprint density at radius 1 is 1.18 bits per heavy atom. The van der Waals surface area contributed by atoms with Crippen LogP contribution in [-0.4, -0.2) is 29.6 Å². The third-order valence-corrected chi connectivity index (χ3v) is 3.72. The molecular formula is C14H21NOS. The number of amides is 1. The summed E-state index contributed by atoms with van der Waals surface area (Å²) in [6.45, 7) is 7.74. The number of nitrogens with zero attached hydrogens (tertiary/aromatic N) is 1. The summed E-state index contributed by atoms with van der Waals surface area (Å²) in [4.78, 5) is 13.6. The number of carbonyl (C=O) groups excluding carboxylic acids is 1. The van der Waals surface area contributed by atoms with E-state index >= 15 is 0 Å². The maximum atomic E-state index is 11.8. The van der Waals surface area contributed by atoms with Crippen molar-refractivity contribution in [1.82, 2.24) is 4.90 Å². The van der Waals surface area contributed by atoms with Gasteiger partial charge in [0.15, 0.2) is 0 Å². The molecule has 3 heteroatoms. The predicted octanol–water partition coefficient (Wildman–Crippen LogP) is 3.10. The second-order valence-electron chi connectivity index (χ2n) is 4.04. The van der Waals surface area contributed by atoms with E-state index in [1.54, 1.807) is 11.8 Å². The summed E-state index contributed by atoms with van der Waals surface area (Å²) in [6, 6.07) is 8.48. The van der Waals surface area contributed by atoms with Crippen molar-refractivity contribution in [1.29, 1.82) is 0 Å². The monoisotopic (exact) mass is 251 g/mol. The van der Waals surface area contributed by atoms with Crippen LogP contribution in [0.25, 0.3) is 0 Å². The van der Waals surface area contributed by atoms with E-state index in [9.17, 15) is 4.79 Å². The van der Waals surface area contributed by atoms with E-state index in [0.29, 0.717) is 5.75 Å². The van der Waals surface area contributed by atoms with Crippen molar-refractivity contribution in [2.45, 2.75) is 26.5 Å². The third-order valence-electron chi connectivity index (χ3n) is 2.73. The lowest BCUT2D eigenvalue weighted by Crippen LogP contribution is -2.31. The number of rotatable bonds is 6. The van der Waals surface area contributed by atoms with Gasteiger partial charge in [0.1, 0.15) is 0 Å². The van der Waals surface area contributed by atoms with E-state index < -0.39 is 0 Å². The molecule has 0 heterocycles. The van der Waals surface area contributed by atoms with Crippen LogP contribution in [0.4, 0.5) is 0 Å². The first-order valence-electron chi connectivity index (χ1n) is 6.08. The number of carbonyl (C=O) groups is 1. The van der Waals surface area contributed by atoms with Crippen LogP contribution in [0, 0.1) is 6.92 Å². The van der Waals surface area contributed by atoms with Crippen LogP contribution in [0.3, 0.4) is 0 Å². The first-order valence-corrected chi connectivity index (χ1v) is 7.23. The molecule has 0 N–H and O–H groups in total. The lowest BCUT2D eigenvalue weighted by molar-refractivity contribution is -0.127. The molecule has 1 aromatic rings. The van der Waals surface area contributed by atoms with Crippen molar-refractivity contribution in [2.75, 3.05) is 18.8 Å². The van der Waals surface area contributed by atoms with E-state index in [1.807, 2.05) is 18.7 Å². The van der Waals surface area contributed by atoms with E-state index in [0.717, 1.165) is 18.8 Å². The van der Waals surface area contributed by atoms with Gasteiger partial charge >= 0.3 is 0 Å². The smallest absolute Gasteiger partial charge is 0.232 e.